The highest BCUT2D eigenvalue weighted by Crippen LogP contribution is 2.25. The molecule has 2 atom stereocenters. The van der Waals surface area contributed by atoms with Gasteiger partial charge < -0.3 is 4.74 Å². The van der Waals surface area contributed by atoms with E-state index in [1.807, 2.05) is 0 Å². The lowest BCUT2D eigenvalue weighted by Crippen LogP contribution is -2.19. The molecule has 18 heavy (non-hydrogen) atoms. The van der Waals surface area contributed by atoms with Gasteiger partial charge in [-0.25, -0.2) is 0 Å². The van der Waals surface area contributed by atoms with Crippen LogP contribution in [0.1, 0.15) is 22.8 Å². The number of methoxy groups -OCH3 is 1. The third kappa shape index (κ3) is 2.07. The molecule has 0 fully saturated rings. The fourth-order valence-electron chi connectivity index (χ4n) is 1.74. The quantitative estimate of drug-likeness (QED) is 0.907. The number of hydrogen-bond acceptors (Lipinski definition) is 4. The molecule has 1 aliphatic carbocycles. The van der Waals surface area contributed by atoms with E-state index in [0.29, 0.717) is 16.0 Å². The minimum absolute atomic E-state index is 0.0507. The lowest BCUT2D eigenvalue weighted by molar-refractivity contribution is 0.106. The van der Waals surface area contributed by atoms with E-state index in [1.165, 1.54) is 13.2 Å². The van der Waals surface area contributed by atoms with Crippen molar-refractivity contribution in [3.63, 3.8) is 0 Å². The third-order valence-corrected chi connectivity index (χ3v) is 4.41. The van der Waals surface area contributed by atoms with Crippen molar-refractivity contribution < 1.29 is 13.7 Å². The molecule has 0 aliphatic heterocycles. The average Bonchev–Trinajstić information content (AvgIpc) is 2.40. The first-order valence-corrected chi connectivity index (χ1v) is 6.65. The summed E-state index contributed by atoms with van der Waals surface area (Å²) < 4.78 is 17.3. The summed E-state index contributed by atoms with van der Waals surface area (Å²) in [5.74, 6) is -0.337. The summed E-state index contributed by atoms with van der Waals surface area (Å²) >= 11 is 0. The van der Waals surface area contributed by atoms with Crippen molar-refractivity contribution in [3.8, 4) is 0 Å². The molecule has 0 radical (unpaired) electrons. The summed E-state index contributed by atoms with van der Waals surface area (Å²) in [6.07, 6.45) is 3.09. The number of carbonyl (C=O) groups is 1. The van der Waals surface area contributed by atoms with Crippen molar-refractivity contribution in [2.45, 2.75) is 17.3 Å². The second-order valence-corrected chi connectivity index (χ2v) is 5.59. The van der Waals surface area contributed by atoms with Gasteiger partial charge in [-0.3, -0.25) is 14.4 Å². The Kier molecular flexibility index (Phi) is 3.54. The van der Waals surface area contributed by atoms with Gasteiger partial charge in [0.25, 0.3) is 0 Å². The Morgan fingerprint density at radius 2 is 2.06 bits per heavy atom. The third-order valence-electron chi connectivity index (χ3n) is 2.82. The molecule has 0 saturated heterocycles. The molecule has 1 aliphatic rings. The van der Waals surface area contributed by atoms with Gasteiger partial charge in [0, 0.05) is 23.1 Å². The number of rotatable bonds is 3. The van der Waals surface area contributed by atoms with Crippen LogP contribution in [-0.2, 0) is 15.5 Å². The lowest BCUT2D eigenvalue weighted by Gasteiger charge is -2.16. The second-order valence-electron chi connectivity index (χ2n) is 3.89. The zero-order chi connectivity index (χ0) is 13.3. The van der Waals surface area contributed by atoms with Crippen LogP contribution in [0.4, 0.5) is 0 Å². The van der Waals surface area contributed by atoms with Crippen LogP contribution in [-0.4, -0.2) is 28.2 Å². The van der Waals surface area contributed by atoms with Gasteiger partial charge in [0.15, 0.2) is 0 Å². The molecular formula is C13H13NO3S. The van der Waals surface area contributed by atoms with E-state index < -0.39 is 16.2 Å². The van der Waals surface area contributed by atoms with E-state index in [-0.39, 0.29) is 11.5 Å². The molecule has 0 saturated carbocycles. The molecule has 2 rings (SSSR count). The number of carbonyl (C=O) groups excluding carboxylic acids is 1. The number of Topliss-reactive ketones (excluding diaryl/α,β-unsaturated/α-hetero) is 1. The Hall–Kier alpha value is -1.59. The maximum atomic E-state index is 12.2. The van der Waals surface area contributed by atoms with Gasteiger partial charge in [-0.15, -0.1) is 0 Å². The van der Waals surface area contributed by atoms with Crippen molar-refractivity contribution in [1.29, 1.82) is 5.41 Å². The van der Waals surface area contributed by atoms with Crippen LogP contribution in [0.25, 0.3) is 6.08 Å². The highest BCUT2D eigenvalue weighted by molar-refractivity contribution is 7.85. The number of fused-ring (bicyclic) bond motifs is 1. The Balaban J connectivity index is 2.55. The summed E-state index contributed by atoms with van der Waals surface area (Å²) in [7, 11) is 0.155. The van der Waals surface area contributed by atoms with E-state index >= 15 is 0 Å². The van der Waals surface area contributed by atoms with E-state index in [1.54, 1.807) is 31.2 Å². The first-order valence-electron chi connectivity index (χ1n) is 5.44. The van der Waals surface area contributed by atoms with Crippen molar-refractivity contribution in [2.75, 3.05) is 7.11 Å². The summed E-state index contributed by atoms with van der Waals surface area (Å²) in [6, 6.07) is 5.05. The summed E-state index contributed by atoms with van der Waals surface area (Å²) in [4.78, 5) is 12.4. The van der Waals surface area contributed by atoms with Gasteiger partial charge in [0.05, 0.1) is 10.8 Å². The summed E-state index contributed by atoms with van der Waals surface area (Å²) in [5.41, 5.74) is 0.559. The van der Waals surface area contributed by atoms with Crippen LogP contribution in [0.3, 0.4) is 0 Å². The van der Waals surface area contributed by atoms with Crippen molar-refractivity contribution in [2.24, 2.45) is 0 Å². The SMILES string of the molecule is COC(C)S(=O)c1cccc2c1C=CC(=N)C2=O. The number of hydrogen-bond donors (Lipinski definition) is 1. The maximum Gasteiger partial charge on any atom is 0.211 e. The highest BCUT2D eigenvalue weighted by Gasteiger charge is 2.23. The molecule has 1 aromatic rings. The van der Waals surface area contributed by atoms with Gasteiger partial charge >= 0.3 is 0 Å². The molecule has 0 spiro atoms. The topological polar surface area (TPSA) is 67.2 Å². The van der Waals surface area contributed by atoms with E-state index in [0.717, 1.165) is 0 Å². The molecule has 1 N–H and O–H groups in total. The Morgan fingerprint density at radius 1 is 1.33 bits per heavy atom. The number of benzene rings is 1. The molecule has 0 amide bonds. The number of ketones is 1. The molecule has 2 unspecified atom stereocenters. The molecule has 0 aromatic heterocycles. The van der Waals surface area contributed by atoms with Crippen molar-refractivity contribution in [3.05, 3.63) is 35.4 Å². The van der Waals surface area contributed by atoms with Crippen LogP contribution >= 0.6 is 0 Å². The molecular weight excluding hydrogens is 250 g/mol. The van der Waals surface area contributed by atoms with Crippen LogP contribution in [0.5, 0.6) is 0 Å². The van der Waals surface area contributed by atoms with Crippen LogP contribution in [0.15, 0.2) is 29.2 Å². The van der Waals surface area contributed by atoms with E-state index in [9.17, 15) is 9.00 Å². The van der Waals surface area contributed by atoms with Gasteiger partial charge in [-0.2, -0.15) is 0 Å². The van der Waals surface area contributed by atoms with Crippen molar-refractivity contribution in [1.82, 2.24) is 0 Å². The monoisotopic (exact) mass is 263 g/mol. The first-order chi connectivity index (χ1) is 8.56. The minimum Gasteiger partial charge on any atom is -0.368 e. The molecule has 0 heterocycles. The predicted molar refractivity (Wildman–Crippen MR) is 70.4 cm³/mol. The number of ether oxygens (including phenoxy) is 1. The zero-order valence-corrected chi connectivity index (χ0v) is 10.9. The zero-order valence-electron chi connectivity index (χ0n) is 10.1. The van der Waals surface area contributed by atoms with Gasteiger partial charge in [-0.1, -0.05) is 18.2 Å². The minimum atomic E-state index is -1.34. The Labute approximate surface area is 108 Å². The van der Waals surface area contributed by atoms with Gasteiger partial charge in [0.1, 0.15) is 11.1 Å². The molecule has 0 bridgehead atoms. The van der Waals surface area contributed by atoms with E-state index in [4.69, 9.17) is 10.1 Å². The van der Waals surface area contributed by atoms with Gasteiger partial charge in [-0.05, 0) is 19.1 Å². The number of nitrogens with one attached hydrogen (secondary N) is 1. The molecule has 5 heteroatoms. The highest BCUT2D eigenvalue weighted by atomic mass is 32.2. The largest absolute Gasteiger partial charge is 0.368 e. The van der Waals surface area contributed by atoms with Crippen LogP contribution in [0, 0.1) is 5.41 Å². The Bertz CT molecular complexity index is 578. The molecule has 1 aromatic carbocycles. The normalized spacial score (nSPS) is 17.4. The lowest BCUT2D eigenvalue weighted by atomic mass is 9.95. The second kappa shape index (κ2) is 4.96. The van der Waals surface area contributed by atoms with Gasteiger partial charge in [0.2, 0.25) is 5.78 Å². The fraction of sp³-hybridized carbons (Fsp3) is 0.231. The molecule has 94 valence electrons. The van der Waals surface area contributed by atoms with E-state index in [2.05, 4.69) is 0 Å². The fourth-order valence-corrected chi connectivity index (χ4v) is 2.88. The summed E-state index contributed by atoms with van der Waals surface area (Å²) in [5, 5.41) is 7.49. The number of allylic oxidation sites excluding steroid dienone is 1. The average molecular weight is 263 g/mol. The Morgan fingerprint density at radius 3 is 2.72 bits per heavy atom. The van der Waals surface area contributed by atoms with Crippen molar-refractivity contribution >= 4 is 28.4 Å². The van der Waals surface area contributed by atoms with Crippen LogP contribution < -0.4 is 0 Å². The molecule has 4 nitrogen and oxygen atoms in total. The smallest absolute Gasteiger partial charge is 0.211 e. The first kappa shape index (κ1) is 12.9. The predicted octanol–water partition coefficient (Wildman–Crippen LogP) is 2.02. The maximum absolute atomic E-state index is 12.2. The summed E-state index contributed by atoms with van der Waals surface area (Å²) in [6.45, 7) is 1.71. The standard InChI is InChI=1S/C13H13NO3S/c1-8(17-2)18(16)12-5-3-4-10-9(12)6-7-11(14)13(10)15/h3-8,14H,1-2H3. The van der Waals surface area contributed by atoms with Crippen LogP contribution in [0.2, 0.25) is 0 Å².